The summed E-state index contributed by atoms with van der Waals surface area (Å²) in [5.41, 5.74) is 0. The Kier molecular flexibility index (Phi) is 5.94. The molecule has 8 heavy (non-hydrogen) atoms. The van der Waals surface area contributed by atoms with Crippen LogP contribution in [0.25, 0.3) is 0 Å². The lowest BCUT2D eigenvalue weighted by Gasteiger charge is -1.84. The van der Waals surface area contributed by atoms with Crippen LogP contribution in [0, 0.1) is 0 Å². The second-order valence-corrected chi connectivity index (χ2v) is 3.34. The first-order chi connectivity index (χ1) is 3.06. The molecule has 0 fully saturated rings. The van der Waals surface area contributed by atoms with Crippen LogP contribution in [0.5, 0.6) is 0 Å². The Morgan fingerprint density at radius 2 is 1.88 bits per heavy atom. The summed E-state index contributed by atoms with van der Waals surface area (Å²) in [4.78, 5) is 0. The average Bonchev–Trinajstić information content (AvgIpc) is 1.30. The summed E-state index contributed by atoms with van der Waals surface area (Å²) in [7, 11) is -3.72. The quantitative estimate of drug-likeness (QED) is 0.506. The highest BCUT2D eigenvalue weighted by Gasteiger charge is 1.99. The van der Waals surface area contributed by atoms with E-state index in [0.717, 1.165) is 0 Å². The van der Waals surface area contributed by atoms with Crippen molar-refractivity contribution in [2.45, 2.75) is 0 Å². The molecule has 4 N–H and O–H groups in total. The van der Waals surface area contributed by atoms with E-state index in [4.69, 9.17) is 4.55 Å². The van der Waals surface area contributed by atoms with Crippen LogP contribution < -0.4 is 6.15 Å². The molecule has 4 nitrogen and oxygen atoms in total. The van der Waals surface area contributed by atoms with Crippen LogP contribution in [0.15, 0.2) is 0 Å². The van der Waals surface area contributed by atoms with Gasteiger partial charge in [-0.3, -0.25) is 4.55 Å². The molecule has 0 aliphatic carbocycles. The predicted octanol–water partition coefficient (Wildman–Crippen LogP) is 0.431. The summed E-state index contributed by atoms with van der Waals surface area (Å²) in [6.45, 7) is 0. The van der Waals surface area contributed by atoms with E-state index in [-0.39, 0.29) is 17.2 Å². The minimum absolute atomic E-state index is 0. The number of alkyl halides is 1. The largest absolute Gasteiger partial charge is 0.344 e. The number of halogens is 1. The van der Waals surface area contributed by atoms with Crippen LogP contribution in [0.3, 0.4) is 0 Å². The van der Waals surface area contributed by atoms with Gasteiger partial charge in [0.1, 0.15) is 0 Å². The zero-order valence-corrected chi connectivity index (χ0v) is 6.57. The molecule has 0 radical (unpaired) electrons. The number of rotatable bonds is 2. The van der Waals surface area contributed by atoms with E-state index in [0.29, 0.717) is 0 Å². The van der Waals surface area contributed by atoms with Crippen molar-refractivity contribution in [3.05, 3.63) is 0 Å². The zero-order valence-electron chi connectivity index (χ0n) is 4.17. The van der Waals surface area contributed by atoms with Crippen molar-refractivity contribution in [3.63, 3.8) is 0 Å². The van der Waals surface area contributed by atoms with Gasteiger partial charge < -0.3 is 6.15 Å². The van der Waals surface area contributed by atoms with Crippen LogP contribution in [-0.4, -0.2) is 24.1 Å². The van der Waals surface area contributed by atoms with Gasteiger partial charge >= 0.3 is 0 Å². The van der Waals surface area contributed by atoms with E-state index >= 15 is 0 Å². The maximum absolute atomic E-state index is 9.76. The minimum atomic E-state index is -3.72. The summed E-state index contributed by atoms with van der Waals surface area (Å²) in [5.74, 6) is -0.215. The van der Waals surface area contributed by atoms with Crippen molar-refractivity contribution in [1.82, 2.24) is 6.15 Å². The first-order valence-corrected chi connectivity index (χ1v) is 4.30. The van der Waals surface area contributed by atoms with Crippen molar-refractivity contribution in [2.24, 2.45) is 0 Å². The molecule has 0 aromatic carbocycles. The minimum Gasteiger partial charge on any atom is -0.344 e. The fraction of sp³-hybridized carbons (Fsp3) is 1.00. The third-order valence-corrected chi connectivity index (χ3v) is 1.98. The second-order valence-electron chi connectivity index (χ2n) is 0.975. The third-order valence-electron chi connectivity index (χ3n) is 0.335. The highest BCUT2D eigenvalue weighted by molar-refractivity contribution is 9.09. The summed E-state index contributed by atoms with van der Waals surface area (Å²) < 4.78 is 27.5. The molecule has 0 atom stereocenters. The Hall–Kier alpha value is 0.350. The van der Waals surface area contributed by atoms with Crippen molar-refractivity contribution in [1.29, 1.82) is 0 Å². The van der Waals surface area contributed by atoms with E-state index < -0.39 is 10.1 Å². The molecular weight excluding hydrogens is 198 g/mol. The van der Waals surface area contributed by atoms with E-state index in [9.17, 15) is 8.42 Å². The Morgan fingerprint density at radius 1 is 1.50 bits per heavy atom. The lowest BCUT2D eigenvalue weighted by atomic mass is 11.0. The van der Waals surface area contributed by atoms with Gasteiger partial charge in [-0.2, -0.15) is 8.42 Å². The molecule has 0 aliphatic rings. The standard InChI is InChI=1S/C2H5BrO3S.H3N/c3-1-2-7(4,5)6;/h1-2H2,(H,4,5,6);1H3. The first-order valence-electron chi connectivity index (χ1n) is 1.57. The normalized spacial score (nSPS) is 10.2. The molecule has 0 spiro atoms. The topological polar surface area (TPSA) is 89.4 Å². The summed E-state index contributed by atoms with van der Waals surface area (Å²) in [5, 5.41) is 0.284. The third kappa shape index (κ3) is 9.61. The predicted molar refractivity (Wildman–Crippen MR) is 35.2 cm³/mol. The highest BCUT2D eigenvalue weighted by atomic mass is 79.9. The van der Waals surface area contributed by atoms with Gasteiger partial charge in [-0.25, -0.2) is 0 Å². The van der Waals surface area contributed by atoms with Gasteiger partial charge in [0, 0.05) is 5.33 Å². The van der Waals surface area contributed by atoms with Crippen LogP contribution in [0.4, 0.5) is 0 Å². The van der Waals surface area contributed by atoms with E-state index in [1.807, 2.05) is 0 Å². The van der Waals surface area contributed by atoms with Crippen molar-refractivity contribution < 1.29 is 13.0 Å². The van der Waals surface area contributed by atoms with Crippen molar-refractivity contribution in [2.75, 3.05) is 11.1 Å². The molecule has 0 aromatic heterocycles. The van der Waals surface area contributed by atoms with Crippen molar-refractivity contribution in [3.8, 4) is 0 Å². The molecule has 0 saturated carbocycles. The molecular formula is C2H8BrNO3S. The first kappa shape index (κ1) is 11.2. The average molecular weight is 206 g/mol. The van der Waals surface area contributed by atoms with Gasteiger partial charge in [0.25, 0.3) is 10.1 Å². The molecule has 0 heterocycles. The van der Waals surface area contributed by atoms with Gasteiger partial charge in [-0.05, 0) is 0 Å². The smallest absolute Gasteiger partial charge is 0.265 e. The summed E-state index contributed by atoms with van der Waals surface area (Å²) in [6.07, 6.45) is 0. The lowest BCUT2D eigenvalue weighted by molar-refractivity contribution is 0.485. The molecule has 6 heteroatoms. The van der Waals surface area contributed by atoms with Crippen LogP contribution >= 0.6 is 15.9 Å². The maximum atomic E-state index is 9.76. The fourth-order valence-electron chi connectivity index (χ4n) is 0.0975. The van der Waals surface area contributed by atoms with Crippen molar-refractivity contribution >= 4 is 26.0 Å². The monoisotopic (exact) mass is 205 g/mol. The number of hydrogen-bond donors (Lipinski definition) is 2. The maximum Gasteiger partial charge on any atom is 0.265 e. The van der Waals surface area contributed by atoms with Gasteiger partial charge in [-0.15, -0.1) is 0 Å². The summed E-state index contributed by atoms with van der Waals surface area (Å²) >= 11 is 2.85. The Balaban J connectivity index is 0. The molecule has 0 aliphatic heterocycles. The zero-order chi connectivity index (χ0) is 5.91. The summed E-state index contributed by atoms with van der Waals surface area (Å²) in [6, 6.07) is 0. The molecule has 0 unspecified atom stereocenters. The van der Waals surface area contributed by atoms with Gasteiger partial charge in [0.15, 0.2) is 0 Å². The molecule has 52 valence electrons. The number of hydrogen-bond acceptors (Lipinski definition) is 3. The molecule has 0 amide bonds. The Labute approximate surface area is 56.7 Å². The van der Waals surface area contributed by atoms with Gasteiger partial charge in [0.05, 0.1) is 5.75 Å². The molecule has 0 rings (SSSR count). The van der Waals surface area contributed by atoms with E-state index in [1.54, 1.807) is 0 Å². The van der Waals surface area contributed by atoms with Crippen LogP contribution in [-0.2, 0) is 10.1 Å². The fourth-order valence-corrected chi connectivity index (χ4v) is 1.52. The lowest BCUT2D eigenvalue weighted by Crippen LogP contribution is -2.03. The molecule has 0 aromatic rings. The highest BCUT2D eigenvalue weighted by Crippen LogP contribution is 1.85. The molecule has 0 bridgehead atoms. The van der Waals surface area contributed by atoms with Crippen LogP contribution in [0.1, 0.15) is 0 Å². The van der Waals surface area contributed by atoms with E-state index in [2.05, 4.69) is 15.9 Å². The SMILES string of the molecule is N.O=S(=O)(O)CCBr. The van der Waals surface area contributed by atoms with Gasteiger partial charge in [-0.1, -0.05) is 15.9 Å². The van der Waals surface area contributed by atoms with E-state index in [1.165, 1.54) is 0 Å². The second kappa shape index (κ2) is 4.25. The van der Waals surface area contributed by atoms with Gasteiger partial charge in [0.2, 0.25) is 0 Å². The van der Waals surface area contributed by atoms with Crippen LogP contribution in [0.2, 0.25) is 0 Å². The molecule has 0 saturated heterocycles. The Bertz CT molecular complexity index is 130. The Morgan fingerprint density at radius 3 is 1.88 bits per heavy atom.